The molecule has 0 saturated carbocycles. The topological polar surface area (TPSA) is 52.7 Å². The smallest absolute Gasteiger partial charge is 0.227 e. The highest BCUT2D eigenvalue weighted by molar-refractivity contribution is 6.31. The first-order valence-electron chi connectivity index (χ1n) is 10.3. The number of fused-ring (bicyclic) bond motifs is 1. The normalized spacial score (nSPS) is 28.3. The lowest BCUT2D eigenvalue weighted by Crippen LogP contribution is -2.51. The van der Waals surface area contributed by atoms with Gasteiger partial charge in [-0.15, -0.1) is 0 Å². The van der Waals surface area contributed by atoms with E-state index in [1.165, 1.54) is 61.9 Å². The highest BCUT2D eigenvalue weighted by Crippen LogP contribution is 2.31. The Morgan fingerprint density at radius 3 is 2.86 bits per heavy atom. The summed E-state index contributed by atoms with van der Waals surface area (Å²) in [4.78, 5) is 29.2. The molecule has 3 saturated heterocycles. The summed E-state index contributed by atoms with van der Waals surface area (Å²) in [5.41, 5.74) is 0.539. The zero-order valence-corrected chi connectivity index (χ0v) is 16.8. The average molecular weight is 408 g/mol. The van der Waals surface area contributed by atoms with Crippen molar-refractivity contribution in [2.45, 2.75) is 44.6 Å². The van der Waals surface area contributed by atoms with Crippen LogP contribution in [0.4, 0.5) is 10.1 Å². The molecule has 0 unspecified atom stereocenters. The van der Waals surface area contributed by atoms with Gasteiger partial charge in [-0.1, -0.05) is 18.0 Å². The highest BCUT2D eigenvalue weighted by atomic mass is 35.5. The first-order chi connectivity index (χ1) is 13.5. The molecule has 3 aliphatic heterocycles. The van der Waals surface area contributed by atoms with Crippen molar-refractivity contribution >= 4 is 29.1 Å². The molecule has 0 aromatic heterocycles. The molecule has 5 nitrogen and oxygen atoms in total. The quantitative estimate of drug-likeness (QED) is 0.833. The van der Waals surface area contributed by atoms with Gasteiger partial charge in [0.15, 0.2) is 0 Å². The van der Waals surface area contributed by atoms with Crippen LogP contribution in [0.15, 0.2) is 18.2 Å². The van der Waals surface area contributed by atoms with Crippen LogP contribution in [0.3, 0.4) is 0 Å². The van der Waals surface area contributed by atoms with Crippen molar-refractivity contribution in [1.29, 1.82) is 0 Å². The number of hydrogen-bond acceptors (Lipinski definition) is 3. The summed E-state index contributed by atoms with van der Waals surface area (Å²) in [6.45, 7) is 3.36. The maximum atomic E-state index is 13.4. The minimum atomic E-state index is -0.518. The maximum absolute atomic E-state index is 13.4. The second-order valence-corrected chi connectivity index (χ2v) is 8.66. The molecule has 3 atom stereocenters. The third-order valence-electron chi connectivity index (χ3n) is 6.48. The van der Waals surface area contributed by atoms with Crippen molar-refractivity contribution < 1.29 is 14.0 Å². The first-order valence-corrected chi connectivity index (χ1v) is 10.7. The number of carbonyl (C=O) groups is 2. The van der Waals surface area contributed by atoms with E-state index in [0.717, 1.165) is 6.42 Å². The molecule has 3 aliphatic rings. The van der Waals surface area contributed by atoms with Crippen LogP contribution in [0, 0.1) is 17.7 Å². The predicted molar refractivity (Wildman–Crippen MR) is 107 cm³/mol. The molecule has 1 aromatic carbocycles. The second-order valence-electron chi connectivity index (χ2n) is 8.25. The largest absolute Gasteiger partial charge is 0.355 e. The minimum Gasteiger partial charge on any atom is -0.355 e. The summed E-state index contributed by atoms with van der Waals surface area (Å²) >= 11 is 5.83. The van der Waals surface area contributed by atoms with Gasteiger partial charge < -0.3 is 15.1 Å². The van der Waals surface area contributed by atoms with Gasteiger partial charge in [0, 0.05) is 31.2 Å². The zero-order chi connectivity index (χ0) is 19.7. The molecule has 4 rings (SSSR count). The van der Waals surface area contributed by atoms with E-state index in [2.05, 4.69) is 10.2 Å². The van der Waals surface area contributed by atoms with Crippen molar-refractivity contribution in [2.24, 2.45) is 11.8 Å². The van der Waals surface area contributed by atoms with Gasteiger partial charge in [-0.05, 0) is 62.9 Å². The zero-order valence-electron chi connectivity index (χ0n) is 16.0. The molecule has 28 heavy (non-hydrogen) atoms. The number of nitrogens with zero attached hydrogens (tertiary/aromatic N) is 2. The summed E-state index contributed by atoms with van der Waals surface area (Å²) < 4.78 is 13.4. The summed E-state index contributed by atoms with van der Waals surface area (Å²) in [6, 6.07) is 4.80. The molecule has 1 N–H and O–H groups in total. The van der Waals surface area contributed by atoms with Crippen LogP contribution in [-0.4, -0.2) is 48.9 Å². The summed E-state index contributed by atoms with van der Waals surface area (Å²) in [7, 11) is 0. The SMILES string of the molecule is O=C(NC[C@@H]1CCCN2CCCC[C@H]12)[C@H]1CC(=O)N(c2ccc(F)c(Cl)c2)C1. The Morgan fingerprint density at radius 1 is 1.21 bits per heavy atom. The van der Waals surface area contributed by atoms with E-state index in [1.807, 2.05) is 0 Å². The number of halogens is 2. The molecule has 0 spiro atoms. The lowest BCUT2D eigenvalue weighted by molar-refractivity contribution is -0.126. The fourth-order valence-electron chi connectivity index (χ4n) is 4.98. The Kier molecular flexibility index (Phi) is 5.88. The standard InChI is InChI=1S/C21H27ClFN3O2/c22-17-11-16(6-7-18(17)23)26-13-15(10-20(26)27)21(28)24-12-14-4-3-9-25-8-2-1-5-19(14)25/h6-7,11,14-15,19H,1-5,8-10,12-13H2,(H,24,28)/t14-,15-,19+/m0/s1. The molecule has 3 heterocycles. The van der Waals surface area contributed by atoms with E-state index < -0.39 is 5.82 Å². The van der Waals surface area contributed by atoms with Crippen LogP contribution in [0.1, 0.15) is 38.5 Å². The van der Waals surface area contributed by atoms with Crippen molar-refractivity contribution in [3.05, 3.63) is 29.0 Å². The van der Waals surface area contributed by atoms with Crippen LogP contribution < -0.4 is 10.2 Å². The molecule has 3 fully saturated rings. The molecule has 2 amide bonds. The summed E-state index contributed by atoms with van der Waals surface area (Å²) in [5.74, 6) is -0.573. The van der Waals surface area contributed by atoms with Gasteiger partial charge in [0.2, 0.25) is 11.8 Å². The third-order valence-corrected chi connectivity index (χ3v) is 6.77. The molecular formula is C21H27ClFN3O2. The van der Waals surface area contributed by atoms with Crippen LogP contribution in [0.25, 0.3) is 0 Å². The van der Waals surface area contributed by atoms with Gasteiger partial charge in [-0.25, -0.2) is 4.39 Å². The Bertz CT molecular complexity index is 757. The lowest BCUT2D eigenvalue weighted by atomic mass is 9.83. The third kappa shape index (κ3) is 4.03. The van der Waals surface area contributed by atoms with Gasteiger partial charge in [0.1, 0.15) is 5.82 Å². The molecule has 0 aliphatic carbocycles. The molecule has 152 valence electrons. The Morgan fingerprint density at radius 2 is 2.04 bits per heavy atom. The Balaban J connectivity index is 1.34. The van der Waals surface area contributed by atoms with Crippen molar-refractivity contribution in [3.63, 3.8) is 0 Å². The molecule has 0 radical (unpaired) electrons. The number of piperidine rings is 2. The van der Waals surface area contributed by atoms with E-state index in [9.17, 15) is 14.0 Å². The molecule has 1 aromatic rings. The van der Waals surface area contributed by atoms with E-state index in [1.54, 1.807) is 0 Å². The van der Waals surface area contributed by atoms with E-state index in [0.29, 0.717) is 30.7 Å². The number of carbonyl (C=O) groups excluding carboxylic acids is 2. The monoisotopic (exact) mass is 407 g/mol. The fourth-order valence-corrected chi connectivity index (χ4v) is 5.15. The molecular weight excluding hydrogens is 381 g/mol. The van der Waals surface area contributed by atoms with Crippen molar-refractivity contribution in [1.82, 2.24) is 10.2 Å². The van der Waals surface area contributed by atoms with Gasteiger partial charge in [0.05, 0.1) is 10.9 Å². The van der Waals surface area contributed by atoms with Crippen LogP contribution >= 0.6 is 11.6 Å². The fraction of sp³-hybridized carbons (Fsp3) is 0.619. The summed E-state index contributed by atoms with van der Waals surface area (Å²) in [5, 5.41) is 3.09. The number of benzene rings is 1. The summed E-state index contributed by atoms with van der Waals surface area (Å²) in [6.07, 6.45) is 6.31. The second kappa shape index (κ2) is 8.37. The first kappa shape index (κ1) is 19.6. The minimum absolute atomic E-state index is 0.0208. The average Bonchev–Trinajstić information content (AvgIpc) is 3.10. The predicted octanol–water partition coefficient (Wildman–Crippen LogP) is 3.21. The highest BCUT2D eigenvalue weighted by Gasteiger charge is 2.37. The number of anilines is 1. The van der Waals surface area contributed by atoms with Crippen LogP contribution in [-0.2, 0) is 9.59 Å². The number of hydrogen-bond donors (Lipinski definition) is 1. The lowest BCUT2D eigenvalue weighted by Gasteiger charge is -2.44. The number of rotatable bonds is 4. The van der Waals surface area contributed by atoms with E-state index in [4.69, 9.17) is 11.6 Å². The maximum Gasteiger partial charge on any atom is 0.227 e. The van der Waals surface area contributed by atoms with Crippen LogP contribution in [0.5, 0.6) is 0 Å². The van der Waals surface area contributed by atoms with Crippen molar-refractivity contribution in [2.75, 3.05) is 31.1 Å². The Labute approximate surface area is 170 Å². The van der Waals surface area contributed by atoms with Gasteiger partial charge in [-0.3, -0.25) is 9.59 Å². The molecule has 0 bridgehead atoms. The van der Waals surface area contributed by atoms with Crippen molar-refractivity contribution in [3.8, 4) is 0 Å². The Hall–Kier alpha value is -1.66. The van der Waals surface area contributed by atoms with Gasteiger partial charge in [0.25, 0.3) is 0 Å². The van der Waals surface area contributed by atoms with E-state index in [-0.39, 0.29) is 29.2 Å². The van der Waals surface area contributed by atoms with Gasteiger partial charge in [-0.2, -0.15) is 0 Å². The molecule has 7 heteroatoms. The number of nitrogens with one attached hydrogen (secondary N) is 1. The van der Waals surface area contributed by atoms with Crippen LogP contribution in [0.2, 0.25) is 5.02 Å². The van der Waals surface area contributed by atoms with E-state index >= 15 is 0 Å². The number of amides is 2. The van der Waals surface area contributed by atoms with Gasteiger partial charge >= 0.3 is 0 Å².